The van der Waals surface area contributed by atoms with E-state index < -0.39 is 0 Å². The first kappa shape index (κ1) is 13.4. The van der Waals surface area contributed by atoms with E-state index in [2.05, 4.69) is 17.3 Å². The Morgan fingerprint density at radius 1 is 0.941 bits per heavy atom. The average molecular weight is 238 g/mol. The summed E-state index contributed by atoms with van der Waals surface area (Å²) in [5.41, 5.74) is 0. The Hall–Kier alpha value is -0.0800. The predicted molar refractivity (Wildman–Crippen MR) is 74.3 cm³/mol. The molecule has 2 heteroatoms. The maximum atomic E-state index is 3.36. The van der Waals surface area contributed by atoms with Crippen molar-refractivity contribution in [2.45, 2.75) is 63.8 Å². The standard InChI is InChI=1S/C15H30N2/c1-16-12-14-8-7-11-17(13-14)15-9-5-3-2-4-6-10-15/h14-16H,2-13H2,1H3. The van der Waals surface area contributed by atoms with Gasteiger partial charge in [-0.15, -0.1) is 0 Å². The lowest BCUT2D eigenvalue weighted by Gasteiger charge is -2.39. The van der Waals surface area contributed by atoms with Crippen LogP contribution in [0.15, 0.2) is 0 Å². The molecule has 1 saturated carbocycles. The number of nitrogens with zero attached hydrogens (tertiary/aromatic N) is 1. The van der Waals surface area contributed by atoms with E-state index in [-0.39, 0.29) is 0 Å². The highest BCUT2D eigenvalue weighted by Gasteiger charge is 2.25. The zero-order valence-electron chi connectivity index (χ0n) is 11.6. The topological polar surface area (TPSA) is 15.3 Å². The largest absolute Gasteiger partial charge is 0.319 e. The number of likely N-dealkylation sites (tertiary alicyclic amines) is 1. The third-order valence-corrected chi connectivity index (χ3v) is 4.63. The highest BCUT2D eigenvalue weighted by molar-refractivity contribution is 4.80. The van der Waals surface area contributed by atoms with Crippen LogP contribution in [0, 0.1) is 5.92 Å². The van der Waals surface area contributed by atoms with Gasteiger partial charge in [0.2, 0.25) is 0 Å². The highest BCUT2D eigenvalue weighted by atomic mass is 15.2. The summed E-state index contributed by atoms with van der Waals surface area (Å²) in [6.07, 6.45) is 13.2. The van der Waals surface area contributed by atoms with Gasteiger partial charge in [-0.25, -0.2) is 0 Å². The van der Waals surface area contributed by atoms with Crippen molar-refractivity contribution in [1.82, 2.24) is 10.2 Å². The number of piperidine rings is 1. The zero-order chi connectivity index (χ0) is 11.9. The number of hydrogen-bond acceptors (Lipinski definition) is 2. The molecule has 1 aliphatic carbocycles. The summed E-state index contributed by atoms with van der Waals surface area (Å²) < 4.78 is 0. The molecular formula is C15H30N2. The van der Waals surface area contributed by atoms with Crippen LogP contribution < -0.4 is 5.32 Å². The van der Waals surface area contributed by atoms with Crippen molar-refractivity contribution < 1.29 is 0 Å². The van der Waals surface area contributed by atoms with Gasteiger partial charge in [-0.1, -0.05) is 32.1 Å². The first-order chi connectivity index (χ1) is 8.40. The van der Waals surface area contributed by atoms with E-state index in [9.17, 15) is 0 Å². The molecule has 1 heterocycles. The van der Waals surface area contributed by atoms with Crippen LogP contribution in [0.2, 0.25) is 0 Å². The van der Waals surface area contributed by atoms with Gasteiger partial charge in [-0.3, -0.25) is 0 Å². The molecule has 1 unspecified atom stereocenters. The maximum Gasteiger partial charge on any atom is 0.00953 e. The number of hydrogen-bond donors (Lipinski definition) is 1. The SMILES string of the molecule is CNCC1CCCN(C2CCCCCCC2)C1. The summed E-state index contributed by atoms with van der Waals surface area (Å²) in [4.78, 5) is 2.82. The molecule has 0 aromatic rings. The van der Waals surface area contributed by atoms with E-state index in [1.54, 1.807) is 0 Å². The molecule has 0 aromatic heterocycles. The lowest BCUT2D eigenvalue weighted by atomic mass is 9.91. The van der Waals surface area contributed by atoms with Crippen molar-refractivity contribution in [1.29, 1.82) is 0 Å². The fourth-order valence-electron chi connectivity index (χ4n) is 3.68. The molecule has 1 aliphatic heterocycles. The highest BCUT2D eigenvalue weighted by Crippen LogP contribution is 2.25. The number of rotatable bonds is 3. The molecule has 17 heavy (non-hydrogen) atoms. The van der Waals surface area contributed by atoms with Crippen molar-refractivity contribution in [2.75, 3.05) is 26.7 Å². The summed E-state index contributed by atoms with van der Waals surface area (Å²) in [6, 6.07) is 0.912. The van der Waals surface area contributed by atoms with Crippen molar-refractivity contribution in [3.8, 4) is 0 Å². The molecule has 1 atom stereocenters. The first-order valence-corrected chi connectivity index (χ1v) is 7.79. The Morgan fingerprint density at radius 2 is 1.65 bits per heavy atom. The molecule has 0 aromatic carbocycles. The molecule has 100 valence electrons. The van der Waals surface area contributed by atoms with Gasteiger partial charge in [-0.2, -0.15) is 0 Å². The Labute approximate surface area is 107 Å². The molecule has 2 rings (SSSR count). The van der Waals surface area contributed by atoms with Crippen LogP contribution in [0.4, 0.5) is 0 Å². The minimum absolute atomic E-state index is 0.902. The van der Waals surface area contributed by atoms with Crippen LogP contribution >= 0.6 is 0 Å². The van der Waals surface area contributed by atoms with Gasteiger partial charge in [0.1, 0.15) is 0 Å². The van der Waals surface area contributed by atoms with Crippen LogP contribution in [-0.4, -0.2) is 37.6 Å². The number of nitrogens with one attached hydrogen (secondary N) is 1. The van der Waals surface area contributed by atoms with E-state index in [1.165, 1.54) is 77.4 Å². The summed E-state index contributed by atoms with van der Waals surface area (Å²) >= 11 is 0. The van der Waals surface area contributed by atoms with E-state index in [0.29, 0.717) is 0 Å². The summed E-state index contributed by atoms with van der Waals surface area (Å²) in [5, 5.41) is 3.36. The smallest absolute Gasteiger partial charge is 0.00953 e. The predicted octanol–water partition coefficient (Wildman–Crippen LogP) is 3.03. The van der Waals surface area contributed by atoms with Gasteiger partial charge in [0.15, 0.2) is 0 Å². The van der Waals surface area contributed by atoms with E-state index in [1.807, 2.05) is 0 Å². The van der Waals surface area contributed by atoms with Gasteiger partial charge in [0.05, 0.1) is 0 Å². The minimum atomic E-state index is 0.902. The Bertz CT molecular complexity index is 195. The van der Waals surface area contributed by atoms with E-state index in [0.717, 1.165) is 12.0 Å². The molecule has 1 N–H and O–H groups in total. The molecule has 2 nitrogen and oxygen atoms in total. The summed E-state index contributed by atoms with van der Waals surface area (Å²) in [6.45, 7) is 3.93. The molecular weight excluding hydrogens is 208 g/mol. The average Bonchev–Trinajstić information content (AvgIpc) is 2.29. The molecule has 0 bridgehead atoms. The normalized spacial score (nSPS) is 29.8. The van der Waals surface area contributed by atoms with Gasteiger partial charge < -0.3 is 10.2 Å². The molecule has 2 aliphatic rings. The van der Waals surface area contributed by atoms with E-state index >= 15 is 0 Å². The fourth-order valence-corrected chi connectivity index (χ4v) is 3.68. The maximum absolute atomic E-state index is 3.36. The Balaban J connectivity index is 1.81. The van der Waals surface area contributed by atoms with Crippen molar-refractivity contribution >= 4 is 0 Å². The van der Waals surface area contributed by atoms with Gasteiger partial charge in [0.25, 0.3) is 0 Å². The first-order valence-electron chi connectivity index (χ1n) is 7.79. The molecule has 0 amide bonds. The van der Waals surface area contributed by atoms with Crippen LogP contribution in [-0.2, 0) is 0 Å². The summed E-state index contributed by atoms with van der Waals surface area (Å²) in [5.74, 6) is 0.902. The Morgan fingerprint density at radius 3 is 2.35 bits per heavy atom. The lowest BCUT2D eigenvalue weighted by molar-refractivity contribution is 0.105. The fraction of sp³-hybridized carbons (Fsp3) is 1.00. The van der Waals surface area contributed by atoms with Crippen LogP contribution in [0.5, 0.6) is 0 Å². The second-order valence-electron chi connectivity index (χ2n) is 6.06. The van der Waals surface area contributed by atoms with Crippen molar-refractivity contribution in [3.05, 3.63) is 0 Å². The molecule has 0 spiro atoms. The van der Waals surface area contributed by atoms with Crippen LogP contribution in [0.1, 0.15) is 57.8 Å². The quantitative estimate of drug-likeness (QED) is 0.813. The Kier molecular flexibility index (Phi) is 5.79. The van der Waals surface area contributed by atoms with Crippen molar-refractivity contribution in [3.63, 3.8) is 0 Å². The molecule has 1 saturated heterocycles. The van der Waals surface area contributed by atoms with Crippen molar-refractivity contribution in [2.24, 2.45) is 5.92 Å². The third kappa shape index (κ3) is 4.26. The minimum Gasteiger partial charge on any atom is -0.319 e. The zero-order valence-corrected chi connectivity index (χ0v) is 11.6. The van der Waals surface area contributed by atoms with Crippen LogP contribution in [0.25, 0.3) is 0 Å². The monoisotopic (exact) mass is 238 g/mol. The van der Waals surface area contributed by atoms with Gasteiger partial charge in [0, 0.05) is 12.6 Å². The molecule has 2 fully saturated rings. The second-order valence-corrected chi connectivity index (χ2v) is 6.06. The second kappa shape index (κ2) is 7.38. The van der Waals surface area contributed by atoms with Crippen LogP contribution in [0.3, 0.4) is 0 Å². The van der Waals surface area contributed by atoms with Gasteiger partial charge in [-0.05, 0) is 51.7 Å². The lowest BCUT2D eigenvalue weighted by Crippen LogP contribution is -2.45. The van der Waals surface area contributed by atoms with Gasteiger partial charge >= 0.3 is 0 Å². The third-order valence-electron chi connectivity index (χ3n) is 4.63. The molecule has 0 radical (unpaired) electrons. The summed E-state index contributed by atoms with van der Waals surface area (Å²) in [7, 11) is 2.09. The van der Waals surface area contributed by atoms with E-state index in [4.69, 9.17) is 0 Å².